The van der Waals surface area contributed by atoms with E-state index in [1.54, 1.807) is 0 Å². The van der Waals surface area contributed by atoms with E-state index in [1.165, 1.54) is 0 Å². The Morgan fingerprint density at radius 1 is 0.389 bits per heavy atom. The molecular weight excluding hydrogens is 1080 g/mol. The zero-order valence-corrected chi connectivity index (χ0v) is 36.2. The standard InChI is InChI=1S/C24BF20.C23H17BrNO2/c26-5-1(6(27)14(35)21(42)13(5)34)25(2-7(28)15(36)22(43)16(37)8(2)29,3-9(30)17(38)23(44)18(39)10(3)31)4-11(32)19(40)24(45)20(41)12(4)33;24-19-11-13-20(14-12-19)27-23-15-10-17-6-4-5-9-21(17)25(23)16-22(26)18-7-2-1-3-8-18/h;1-15H,16H2/q-1;+1. The van der Waals surface area contributed by atoms with E-state index >= 15 is 35.1 Å². The molecule has 0 spiro atoms. The molecule has 0 aliphatic rings. The first-order valence-corrected chi connectivity index (χ1v) is 20.4. The van der Waals surface area contributed by atoms with Crippen molar-refractivity contribution in [3.05, 3.63) is 217 Å². The minimum absolute atomic E-state index is 0.0395. The van der Waals surface area contributed by atoms with E-state index in [0.29, 0.717) is 11.4 Å². The zero-order chi connectivity index (χ0) is 53.0. The minimum atomic E-state index is -7.22. The fourth-order valence-electron chi connectivity index (χ4n) is 7.85. The smallest absolute Gasteiger partial charge is 0.374 e. The number of ether oxygens (including phenoxy) is 1. The second-order valence-corrected chi connectivity index (χ2v) is 15.9. The molecule has 0 amide bonds. The minimum Gasteiger partial charge on any atom is -0.405 e. The largest absolute Gasteiger partial charge is 0.405 e. The number of Topliss-reactive ketones (excluding diaryl/α,β-unsaturated/α-hetero) is 1. The summed E-state index contributed by atoms with van der Waals surface area (Å²) < 4.78 is 303. The van der Waals surface area contributed by atoms with Crippen LogP contribution in [0.5, 0.6) is 11.6 Å². The van der Waals surface area contributed by atoms with Crippen LogP contribution in [0.1, 0.15) is 10.4 Å². The number of ketones is 1. The van der Waals surface area contributed by atoms with Gasteiger partial charge in [-0.25, -0.2) is 87.8 Å². The van der Waals surface area contributed by atoms with Crippen molar-refractivity contribution >= 4 is 60.6 Å². The van der Waals surface area contributed by atoms with Crippen LogP contribution >= 0.6 is 15.9 Å². The SMILES string of the molecule is Fc1c(F)c(F)c([B-](c2c(F)c(F)c(F)c(F)c2F)(c2c(F)c(F)c(F)c(F)c2F)c2c(F)c(F)c(F)c(F)c2F)c(F)c1F.O=C(C[n+]1c(Oc2ccc(Br)cc2)ccc2ccccc21)c1ccccc1. The predicted molar refractivity (Wildman–Crippen MR) is 218 cm³/mol. The summed E-state index contributed by atoms with van der Waals surface area (Å²) in [6.07, 6.45) is -7.22. The Labute approximate surface area is 397 Å². The highest BCUT2D eigenvalue weighted by atomic mass is 79.9. The summed E-state index contributed by atoms with van der Waals surface area (Å²) >= 11 is 3.43. The van der Waals surface area contributed by atoms with Crippen LogP contribution in [-0.2, 0) is 6.54 Å². The number of fused-ring (bicyclic) bond motifs is 1. The number of hydrogen-bond donors (Lipinski definition) is 0. The molecule has 25 heteroatoms. The number of hydrogen-bond acceptors (Lipinski definition) is 2. The van der Waals surface area contributed by atoms with Crippen molar-refractivity contribution in [3.8, 4) is 11.6 Å². The van der Waals surface area contributed by atoms with Gasteiger partial charge in [-0.15, -0.1) is 21.9 Å². The lowest BCUT2D eigenvalue weighted by molar-refractivity contribution is -0.661. The number of pyridine rings is 1. The number of carbonyl (C=O) groups excluding carboxylic acids is 1. The normalized spacial score (nSPS) is 11.5. The first kappa shape index (κ1) is 52.4. The molecule has 0 radical (unpaired) electrons. The molecule has 0 unspecified atom stereocenters. The first-order chi connectivity index (χ1) is 33.9. The third kappa shape index (κ3) is 8.55. The number of aromatic nitrogens is 1. The number of nitrogens with zero attached hydrogens (tertiary/aromatic N) is 1. The van der Waals surface area contributed by atoms with Gasteiger partial charge in [-0.05, 0) is 36.4 Å². The third-order valence-corrected chi connectivity index (χ3v) is 11.6. The van der Waals surface area contributed by atoms with E-state index in [2.05, 4.69) is 15.9 Å². The van der Waals surface area contributed by atoms with Crippen molar-refractivity contribution in [2.45, 2.75) is 6.54 Å². The van der Waals surface area contributed by atoms with Crippen LogP contribution in [-0.4, -0.2) is 11.9 Å². The van der Waals surface area contributed by atoms with Gasteiger partial charge in [0.1, 0.15) is 58.4 Å². The van der Waals surface area contributed by atoms with Crippen LogP contribution in [0.15, 0.2) is 95.5 Å². The van der Waals surface area contributed by atoms with Gasteiger partial charge in [-0.2, -0.15) is 4.57 Å². The van der Waals surface area contributed by atoms with Crippen LogP contribution in [0.3, 0.4) is 0 Å². The molecule has 0 atom stereocenters. The van der Waals surface area contributed by atoms with Crippen LogP contribution in [0.4, 0.5) is 87.8 Å². The number of benzene rings is 7. The van der Waals surface area contributed by atoms with E-state index in [9.17, 15) is 57.5 Å². The van der Waals surface area contributed by atoms with Gasteiger partial charge in [0.15, 0.2) is 69.8 Å². The summed E-state index contributed by atoms with van der Waals surface area (Å²) in [4.78, 5) is 12.8. The first-order valence-electron chi connectivity index (χ1n) is 19.6. The fraction of sp³-hybridized carbons (Fsp3) is 0.0213. The highest BCUT2D eigenvalue weighted by Gasteiger charge is 2.52. The molecule has 1 aromatic heterocycles. The summed E-state index contributed by atoms with van der Waals surface area (Å²) in [5.41, 5.74) is -12.7. The van der Waals surface area contributed by atoms with Crippen molar-refractivity contribution in [1.29, 1.82) is 0 Å². The Kier molecular flexibility index (Phi) is 14.5. The predicted octanol–water partition coefficient (Wildman–Crippen LogP) is 11.4. The molecule has 72 heavy (non-hydrogen) atoms. The average Bonchev–Trinajstić information content (AvgIpc) is 3.37. The zero-order valence-electron chi connectivity index (χ0n) is 34.6. The number of para-hydroxylation sites is 1. The molecular formula is C47H17BBrF20NO2. The van der Waals surface area contributed by atoms with Gasteiger partial charge in [0.2, 0.25) is 17.8 Å². The molecule has 1 heterocycles. The Balaban J connectivity index is 0.000000238. The maximum atomic E-state index is 15.4. The van der Waals surface area contributed by atoms with E-state index < -0.39 is 144 Å². The van der Waals surface area contributed by atoms with Crippen molar-refractivity contribution in [2.24, 2.45) is 0 Å². The summed E-state index contributed by atoms with van der Waals surface area (Å²) in [5, 5.41) is 1.06. The summed E-state index contributed by atoms with van der Waals surface area (Å²) in [6, 6.07) is 28.9. The van der Waals surface area contributed by atoms with Crippen LogP contribution in [0.2, 0.25) is 0 Å². The summed E-state index contributed by atoms with van der Waals surface area (Å²) in [5.74, 6) is -70.0. The van der Waals surface area contributed by atoms with Gasteiger partial charge < -0.3 is 4.74 Å². The number of carbonyl (C=O) groups is 1. The highest BCUT2D eigenvalue weighted by Crippen LogP contribution is 2.31. The van der Waals surface area contributed by atoms with Crippen LogP contribution in [0.25, 0.3) is 10.9 Å². The summed E-state index contributed by atoms with van der Waals surface area (Å²) in [7, 11) is 0. The number of halogens is 21. The molecule has 0 aliphatic heterocycles. The van der Waals surface area contributed by atoms with Gasteiger partial charge in [0.05, 0.1) is 6.07 Å². The van der Waals surface area contributed by atoms with E-state index in [4.69, 9.17) is 4.74 Å². The third-order valence-electron chi connectivity index (χ3n) is 11.0. The topological polar surface area (TPSA) is 30.2 Å². The Morgan fingerprint density at radius 3 is 1.07 bits per heavy atom. The number of rotatable bonds is 9. The fourth-order valence-corrected chi connectivity index (χ4v) is 8.12. The molecule has 0 aliphatic carbocycles. The molecule has 0 bridgehead atoms. The molecule has 0 saturated carbocycles. The second-order valence-electron chi connectivity index (χ2n) is 15.0. The molecule has 372 valence electrons. The van der Waals surface area contributed by atoms with Crippen molar-refractivity contribution in [3.63, 3.8) is 0 Å². The Hall–Kier alpha value is -7.44. The van der Waals surface area contributed by atoms with Gasteiger partial charge >= 0.3 is 5.88 Å². The quantitative estimate of drug-likeness (QED) is 0.0360. The maximum Gasteiger partial charge on any atom is 0.374 e. The maximum absolute atomic E-state index is 15.4. The van der Waals surface area contributed by atoms with Crippen LogP contribution < -0.4 is 31.2 Å². The molecule has 8 aromatic rings. The Morgan fingerprint density at radius 2 is 0.708 bits per heavy atom. The van der Waals surface area contributed by atoms with E-state index in [0.717, 1.165) is 21.1 Å². The molecule has 3 nitrogen and oxygen atoms in total. The molecule has 7 aromatic carbocycles. The average molecular weight is 1100 g/mol. The van der Waals surface area contributed by atoms with E-state index in [1.807, 2.05) is 95.6 Å². The molecule has 0 fully saturated rings. The lowest BCUT2D eigenvalue weighted by Gasteiger charge is -2.44. The molecule has 0 N–H and O–H groups in total. The Bertz CT molecular complexity index is 3130. The van der Waals surface area contributed by atoms with Crippen LogP contribution in [0, 0.1) is 116 Å². The molecule has 0 saturated heterocycles. The molecule has 8 rings (SSSR count). The van der Waals surface area contributed by atoms with Crippen molar-refractivity contribution < 1.29 is 102 Å². The summed E-state index contributed by atoms with van der Waals surface area (Å²) in [6.45, 7) is 0.206. The van der Waals surface area contributed by atoms with Gasteiger partial charge in [0.25, 0.3) is 0 Å². The lowest BCUT2D eigenvalue weighted by Crippen LogP contribution is -2.81. The van der Waals surface area contributed by atoms with E-state index in [-0.39, 0.29) is 12.3 Å². The van der Waals surface area contributed by atoms with Crippen molar-refractivity contribution in [1.82, 2.24) is 0 Å². The lowest BCUT2D eigenvalue weighted by atomic mass is 9.12. The van der Waals surface area contributed by atoms with Gasteiger partial charge in [-0.1, -0.05) is 58.4 Å². The van der Waals surface area contributed by atoms with Gasteiger partial charge in [-0.3, -0.25) is 4.79 Å². The second kappa shape index (κ2) is 20.0. The highest BCUT2D eigenvalue weighted by molar-refractivity contribution is 9.10. The van der Waals surface area contributed by atoms with Gasteiger partial charge in [0, 0.05) is 21.5 Å². The van der Waals surface area contributed by atoms with Crippen molar-refractivity contribution in [2.75, 3.05) is 0 Å². The monoisotopic (exact) mass is 1100 g/mol.